The minimum absolute atomic E-state index is 0. The van der Waals surface area contributed by atoms with Gasteiger partial charge in [0, 0.05) is 38.1 Å². The van der Waals surface area contributed by atoms with Crippen LogP contribution in [-0.4, -0.2) is 34.4 Å². The number of rotatable bonds is 8. The van der Waals surface area contributed by atoms with Crippen molar-refractivity contribution < 1.29 is 4.74 Å². The van der Waals surface area contributed by atoms with E-state index in [1.807, 2.05) is 42.1 Å². The summed E-state index contributed by atoms with van der Waals surface area (Å²) in [7, 11) is 1.77. The maximum atomic E-state index is 5.70. The molecule has 1 saturated carbocycles. The number of aliphatic imine (C=N–C) groups is 1. The molecule has 1 aromatic carbocycles. The SMILES string of the molecule is CN=C(NCc1ccc(OCC2CC2)nc1)NCc1ccccc1-n1nc(C)cc1C.I. The number of aromatic nitrogens is 3. The highest BCUT2D eigenvalue weighted by Gasteiger charge is 2.22. The first kappa shape index (κ1) is 24.0. The van der Waals surface area contributed by atoms with Gasteiger partial charge in [-0.1, -0.05) is 24.3 Å². The van der Waals surface area contributed by atoms with Gasteiger partial charge in [0.1, 0.15) is 0 Å². The molecular weight excluding hydrogens is 515 g/mol. The molecule has 0 aliphatic heterocycles. The third kappa shape index (κ3) is 6.44. The molecule has 8 heteroatoms. The first-order chi connectivity index (χ1) is 15.1. The van der Waals surface area contributed by atoms with Crippen LogP contribution in [0.4, 0.5) is 0 Å². The molecule has 2 aromatic heterocycles. The van der Waals surface area contributed by atoms with Crippen molar-refractivity contribution in [2.45, 2.75) is 39.8 Å². The van der Waals surface area contributed by atoms with Crippen LogP contribution in [0.3, 0.4) is 0 Å². The molecule has 7 nitrogen and oxygen atoms in total. The summed E-state index contributed by atoms with van der Waals surface area (Å²) >= 11 is 0. The van der Waals surface area contributed by atoms with Gasteiger partial charge in [0.05, 0.1) is 18.0 Å². The first-order valence-corrected chi connectivity index (χ1v) is 10.8. The molecule has 0 bridgehead atoms. The molecule has 0 atom stereocenters. The molecule has 1 fully saturated rings. The second kappa shape index (κ2) is 11.3. The second-order valence-electron chi connectivity index (χ2n) is 8.01. The first-order valence-electron chi connectivity index (χ1n) is 10.8. The predicted octanol–water partition coefficient (Wildman–Crippen LogP) is 4.16. The van der Waals surface area contributed by atoms with Gasteiger partial charge in [-0.25, -0.2) is 9.67 Å². The van der Waals surface area contributed by atoms with Crippen LogP contribution in [0.25, 0.3) is 5.69 Å². The van der Waals surface area contributed by atoms with Crippen molar-refractivity contribution in [1.29, 1.82) is 0 Å². The summed E-state index contributed by atoms with van der Waals surface area (Å²) in [4.78, 5) is 8.74. The molecular formula is C24H31IN6O. The van der Waals surface area contributed by atoms with Crippen LogP contribution in [0.5, 0.6) is 5.88 Å². The van der Waals surface area contributed by atoms with E-state index in [2.05, 4.69) is 50.8 Å². The van der Waals surface area contributed by atoms with Crippen molar-refractivity contribution in [2.75, 3.05) is 13.7 Å². The quantitative estimate of drug-likeness (QED) is 0.252. The van der Waals surface area contributed by atoms with Crippen molar-refractivity contribution in [1.82, 2.24) is 25.4 Å². The van der Waals surface area contributed by atoms with Gasteiger partial charge in [0.15, 0.2) is 5.96 Å². The smallest absolute Gasteiger partial charge is 0.213 e. The van der Waals surface area contributed by atoms with E-state index >= 15 is 0 Å². The van der Waals surface area contributed by atoms with E-state index in [4.69, 9.17) is 4.74 Å². The zero-order valence-corrected chi connectivity index (χ0v) is 21.2. The molecule has 32 heavy (non-hydrogen) atoms. The summed E-state index contributed by atoms with van der Waals surface area (Å²) in [5.41, 5.74) is 5.42. The van der Waals surface area contributed by atoms with Gasteiger partial charge in [-0.2, -0.15) is 5.10 Å². The van der Waals surface area contributed by atoms with Crippen LogP contribution in [-0.2, 0) is 13.1 Å². The summed E-state index contributed by atoms with van der Waals surface area (Å²) in [6.07, 6.45) is 4.40. The highest BCUT2D eigenvalue weighted by atomic mass is 127. The van der Waals surface area contributed by atoms with E-state index in [0.717, 1.165) is 46.7 Å². The van der Waals surface area contributed by atoms with Crippen LogP contribution < -0.4 is 15.4 Å². The Bertz CT molecular complexity index is 1040. The molecule has 0 saturated heterocycles. The normalized spacial score (nSPS) is 13.4. The fraction of sp³-hybridized carbons (Fsp3) is 0.375. The molecule has 1 aliphatic carbocycles. The predicted molar refractivity (Wildman–Crippen MR) is 138 cm³/mol. The van der Waals surface area contributed by atoms with E-state index in [9.17, 15) is 0 Å². The molecule has 2 heterocycles. The van der Waals surface area contributed by atoms with Gasteiger partial charge in [0.2, 0.25) is 5.88 Å². The monoisotopic (exact) mass is 546 g/mol. The number of nitrogens with zero attached hydrogens (tertiary/aromatic N) is 4. The summed E-state index contributed by atoms with van der Waals surface area (Å²) in [6.45, 7) is 6.13. The van der Waals surface area contributed by atoms with Crippen molar-refractivity contribution in [3.63, 3.8) is 0 Å². The Morgan fingerprint density at radius 2 is 1.91 bits per heavy atom. The Labute approximate surface area is 206 Å². The lowest BCUT2D eigenvalue weighted by Gasteiger charge is -2.15. The number of aryl methyl sites for hydroxylation is 2. The van der Waals surface area contributed by atoms with Gasteiger partial charge in [-0.15, -0.1) is 24.0 Å². The fourth-order valence-corrected chi connectivity index (χ4v) is 3.41. The Balaban J connectivity index is 0.00000289. The standard InChI is InChI=1S/C24H30N6O.HI/c1-17-12-18(2)30(29-17)22-7-5-4-6-21(22)15-28-24(25-3)27-14-20-10-11-23(26-13-20)31-16-19-8-9-19;/h4-7,10-13,19H,8-9,14-16H2,1-3H3,(H2,25,27,28);1H. The van der Waals surface area contributed by atoms with Gasteiger partial charge < -0.3 is 15.4 Å². The number of hydrogen-bond donors (Lipinski definition) is 2. The third-order valence-corrected chi connectivity index (χ3v) is 5.32. The fourth-order valence-electron chi connectivity index (χ4n) is 3.41. The van der Waals surface area contributed by atoms with E-state index in [-0.39, 0.29) is 24.0 Å². The molecule has 3 aromatic rings. The summed E-state index contributed by atoms with van der Waals surface area (Å²) < 4.78 is 7.69. The van der Waals surface area contributed by atoms with Crippen molar-refractivity contribution >= 4 is 29.9 Å². The number of halogens is 1. The number of pyridine rings is 1. The van der Waals surface area contributed by atoms with Crippen molar-refractivity contribution in [2.24, 2.45) is 10.9 Å². The van der Waals surface area contributed by atoms with Crippen LogP contribution in [0, 0.1) is 19.8 Å². The Morgan fingerprint density at radius 1 is 1.12 bits per heavy atom. The molecule has 170 valence electrons. The summed E-state index contributed by atoms with van der Waals surface area (Å²) in [5.74, 6) is 2.15. The maximum Gasteiger partial charge on any atom is 0.213 e. The molecule has 0 spiro atoms. The van der Waals surface area contributed by atoms with E-state index < -0.39 is 0 Å². The number of para-hydroxylation sites is 1. The largest absolute Gasteiger partial charge is 0.477 e. The highest BCUT2D eigenvalue weighted by molar-refractivity contribution is 14.0. The average molecular weight is 546 g/mol. The van der Waals surface area contributed by atoms with E-state index in [1.54, 1.807) is 7.05 Å². The van der Waals surface area contributed by atoms with Gasteiger partial charge in [-0.05, 0) is 55.9 Å². The molecule has 0 radical (unpaired) electrons. The van der Waals surface area contributed by atoms with E-state index in [0.29, 0.717) is 19.0 Å². The van der Waals surface area contributed by atoms with Crippen molar-refractivity contribution in [3.05, 3.63) is 71.2 Å². The second-order valence-corrected chi connectivity index (χ2v) is 8.01. The van der Waals surface area contributed by atoms with Gasteiger partial charge in [-0.3, -0.25) is 4.99 Å². The maximum absolute atomic E-state index is 5.70. The Morgan fingerprint density at radius 3 is 2.56 bits per heavy atom. The van der Waals surface area contributed by atoms with Gasteiger partial charge >= 0.3 is 0 Å². The molecule has 1 aliphatic rings. The lowest BCUT2D eigenvalue weighted by Crippen LogP contribution is -2.36. The lowest BCUT2D eigenvalue weighted by atomic mass is 10.1. The third-order valence-electron chi connectivity index (χ3n) is 5.32. The lowest BCUT2D eigenvalue weighted by molar-refractivity contribution is 0.288. The van der Waals surface area contributed by atoms with Crippen LogP contribution in [0.2, 0.25) is 0 Å². The summed E-state index contributed by atoms with van der Waals surface area (Å²) in [6, 6.07) is 14.3. The number of benzene rings is 1. The number of nitrogens with one attached hydrogen (secondary N) is 2. The van der Waals surface area contributed by atoms with Crippen LogP contribution in [0.15, 0.2) is 53.7 Å². The minimum atomic E-state index is 0. The minimum Gasteiger partial charge on any atom is -0.477 e. The van der Waals surface area contributed by atoms with Gasteiger partial charge in [0.25, 0.3) is 0 Å². The molecule has 2 N–H and O–H groups in total. The number of hydrogen-bond acceptors (Lipinski definition) is 4. The van der Waals surface area contributed by atoms with Crippen molar-refractivity contribution in [3.8, 4) is 11.6 Å². The molecule has 0 unspecified atom stereocenters. The molecule has 0 amide bonds. The Kier molecular flexibility index (Phi) is 8.49. The zero-order valence-electron chi connectivity index (χ0n) is 18.8. The zero-order chi connectivity index (χ0) is 21.6. The van der Waals surface area contributed by atoms with Crippen LogP contribution >= 0.6 is 24.0 Å². The number of ether oxygens (including phenoxy) is 1. The Hall–Kier alpha value is -2.62. The topological polar surface area (TPSA) is 76.4 Å². The van der Waals surface area contributed by atoms with E-state index in [1.165, 1.54) is 12.8 Å². The molecule has 4 rings (SSSR count). The van der Waals surface area contributed by atoms with Crippen LogP contribution in [0.1, 0.15) is 35.4 Å². The highest BCUT2D eigenvalue weighted by Crippen LogP contribution is 2.29. The summed E-state index contributed by atoms with van der Waals surface area (Å²) in [5, 5.41) is 11.4. The average Bonchev–Trinajstić information content (AvgIpc) is 3.56. The number of guanidine groups is 1.